The van der Waals surface area contributed by atoms with E-state index in [-0.39, 0.29) is 11.9 Å². The molecule has 2 aromatic carbocycles. The highest BCUT2D eigenvalue weighted by molar-refractivity contribution is 7.99. The zero-order valence-corrected chi connectivity index (χ0v) is 17.9. The Kier molecular flexibility index (Phi) is 5.72. The van der Waals surface area contributed by atoms with Crippen LogP contribution in [0.2, 0.25) is 0 Å². The maximum absolute atomic E-state index is 13.0. The van der Waals surface area contributed by atoms with E-state index < -0.39 is 0 Å². The minimum atomic E-state index is 0.162. The highest BCUT2D eigenvalue weighted by Crippen LogP contribution is 2.34. The molecule has 1 saturated heterocycles. The van der Waals surface area contributed by atoms with Crippen molar-refractivity contribution >= 4 is 17.7 Å². The second-order valence-corrected chi connectivity index (χ2v) is 8.72. The van der Waals surface area contributed by atoms with Crippen molar-refractivity contribution < 1.29 is 4.79 Å². The second kappa shape index (κ2) is 8.41. The molecular formula is C23H26N4OS. The molecule has 0 spiro atoms. The molecular weight excluding hydrogens is 380 g/mol. The highest BCUT2D eigenvalue weighted by atomic mass is 32.2. The summed E-state index contributed by atoms with van der Waals surface area (Å²) in [5.41, 5.74) is 5.96. The van der Waals surface area contributed by atoms with Crippen molar-refractivity contribution in [1.29, 1.82) is 0 Å². The van der Waals surface area contributed by atoms with Crippen LogP contribution in [0.3, 0.4) is 0 Å². The van der Waals surface area contributed by atoms with Gasteiger partial charge >= 0.3 is 0 Å². The minimum absolute atomic E-state index is 0.162. The van der Waals surface area contributed by atoms with Gasteiger partial charge in [-0.3, -0.25) is 9.36 Å². The van der Waals surface area contributed by atoms with Gasteiger partial charge in [-0.05, 0) is 51.3 Å². The number of aryl methyl sites for hydroxylation is 3. The number of amides is 1. The lowest BCUT2D eigenvalue weighted by molar-refractivity contribution is -0.129. The van der Waals surface area contributed by atoms with E-state index in [1.165, 1.54) is 34.0 Å². The highest BCUT2D eigenvalue weighted by Gasteiger charge is 2.30. The molecule has 1 atom stereocenters. The fourth-order valence-electron chi connectivity index (χ4n) is 4.03. The SMILES string of the molecule is Cc1ccc(-n2cnnc2SCC(=O)N2CCCC2c2cc(C)cc(C)c2)cc1. The van der Waals surface area contributed by atoms with Crippen molar-refractivity contribution in [3.05, 3.63) is 71.0 Å². The van der Waals surface area contributed by atoms with Crippen molar-refractivity contribution in [3.8, 4) is 5.69 Å². The number of benzene rings is 2. The number of carbonyl (C=O) groups is 1. The van der Waals surface area contributed by atoms with Gasteiger partial charge in [0.1, 0.15) is 6.33 Å². The lowest BCUT2D eigenvalue weighted by Crippen LogP contribution is -2.32. The third-order valence-corrected chi connectivity index (χ3v) is 6.28. The van der Waals surface area contributed by atoms with Crippen LogP contribution in [0, 0.1) is 20.8 Å². The van der Waals surface area contributed by atoms with Crippen LogP contribution in [0.15, 0.2) is 53.9 Å². The number of thioether (sulfide) groups is 1. The number of nitrogens with zero attached hydrogens (tertiary/aromatic N) is 4. The maximum atomic E-state index is 13.0. The summed E-state index contributed by atoms with van der Waals surface area (Å²) >= 11 is 1.45. The molecule has 1 aromatic heterocycles. The van der Waals surface area contributed by atoms with E-state index in [0.29, 0.717) is 5.75 Å². The molecule has 2 heterocycles. The lowest BCUT2D eigenvalue weighted by atomic mass is 9.99. The van der Waals surface area contributed by atoms with Crippen molar-refractivity contribution in [1.82, 2.24) is 19.7 Å². The van der Waals surface area contributed by atoms with Crippen molar-refractivity contribution in [2.24, 2.45) is 0 Å². The van der Waals surface area contributed by atoms with Crippen LogP contribution in [-0.4, -0.2) is 37.9 Å². The molecule has 0 bridgehead atoms. The lowest BCUT2D eigenvalue weighted by Gasteiger charge is -2.25. The van der Waals surface area contributed by atoms with Crippen LogP contribution in [0.5, 0.6) is 0 Å². The number of hydrogen-bond donors (Lipinski definition) is 0. The molecule has 29 heavy (non-hydrogen) atoms. The van der Waals surface area contributed by atoms with Gasteiger partial charge in [-0.1, -0.05) is 58.8 Å². The van der Waals surface area contributed by atoms with Crippen LogP contribution >= 0.6 is 11.8 Å². The summed E-state index contributed by atoms with van der Waals surface area (Å²) in [4.78, 5) is 15.1. The van der Waals surface area contributed by atoms with Gasteiger partial charge in [0.15, 0.2) is 5.16 Å². The van der Waals surface area contributed by atoms with Crippen LogP contribution in [0.25, 0.3) is 5.69 Å². The Hall–Kier alpha value is -2.60. The third-order valence-electron chi connectivity index (χ3n) is 5.36. The van der Waals surface area contributed by atoms with E-state index in [4.69, 9.17) is 0 Å². The largest absolute Gasteiger partial charge is 0.335 e. The Bertz CT molecular complexity index is 992. The molecule has 0 saturated carbocycles. The predicted molar refractivity (Wildman–Crippen MR) is 116 cm³/mol. The molecule has 1 amide bonds. The fourth-order valence-corrected chi connectivity index (χ4v) is 4.84. The Labute approximate surface area is 176 Å². The Morgan fingerprint density at radius 2 is 1.79 bits per heavy atom. The van der Waals surface area contributed by atoms with E-state index in [2.05, 4.69) is 61.3 Å². The molecule has 1 fully saturated rings. The van der Waals surface area contributed by atoms with Crippen LogP contribution in [0.4, 0.5) is 0 Å². The average molecular weight is 407 g/mol. The number of carbonyl (C=O) groups excluding carboxylic acids is 1. The first kappa shape index (κ1) is 19.7. The molecule has 1 aliphatic heterocycles. The van der Waals surface area contributed by atoms with Crippen LogP contribution < -0.4 is 0 Å². The summed E-state index contributed by atoms with van der Waals surface area (Å²) in [6.45, 7) is 7.12. The molecule has 0 radical (unpaired) electrons. The first-order valence-corrected chi connectivity index (χ1v) is 11.0. The number of rotatable bonds is 5. The summed E-state index contributed by atoms with van der Waals surface area (Å²) in [5.74, 6) is 0.529. The topological polar surface area (TPSA) is 51.0 Å². The number of aromatic nitrogens is 3. The molecule has 3 aromatic rings. The van der Waals surface area contributed by atoms with Crippen molar-refractivity contribution in [3.63, 3.8) is 0 Å². The second-order valence-electron chi connectivity index (χ2n) is 7.77. The average Bonchev–Trinajstić information content (AvgIpc) is 3.35. The van der Waals surface area contributed by atoms with E-state index >= 15 is 0 Å². The monoisotopic (exact) mass is 406 g/mol. The summed E-state index contributed by atoms with van der Waals surface area (Å²) in [6, 6.07) is 15.0. The van der Waals surface area contributed by atoms with Gasteiger partial charge in [0, 0.05) is 12.2 Å². The summed E-state index contributed by atoms with van der Waals surface area (Å²) in [6.07, 6.45) is 3.78. The fraction of sp³-hybridized carbons (Fsp3) is 0.348. The van der Waals surface area contributed by atoms with Gasteiger partial charge in [0.25, 0.3) is 0 Å². The number of likely N-dealkylation sites (tertiary alicyclic amines) is 1. The number of hydrogen-bond acceptors (Lipinski definition) is 4. The maximum Gasteiger partial charge on any atom is 0.233 e. The van der Waals surface area contributed by atoms with Gasteiger partial charge in [-0.25, -0.2) is 0 Å². The van der Waals surface area contributed by atoms with Gasteiger partial charge in [0.2, 0.25) is 5.91 Å². The zero-order chi connectivity index (χ0) is 20.4. The smallest absolute Gasteiger partial charge is 0.233 e. The summed E-state index contributed by atoms with van der Waals surface area (Å²) in [7, 11) is 0. The molecule has 4 rings (SSSR count). The molecule has 1 unspecified atom stereocenters. The van der Waals surface area contributed by atoms with Crippen molar-refractivity contribution in [2.45, 2.75) is 44.8 Å². The van der Waals surface area contributed by atoms with E-state index in [0.717, 1.165) is 30.2 Å². The van der Waals surface area contributed by atoms with Crippen molar-refractivity contribution in [2.75, 3.05) is 12.3 Å². The first-order valence-electron chi connectivity index (χ1n) is 9.99. The Morgan fingerprint density at radius 3 is 2.52 bits per heavy atom. The van der Waals surface area contributed by atoms with Crippen LogP contribution in [-0.2, 0) is 4.79 Å². The molecule has 0 aliphatic carbocycles. The predicted octanol–water partition coefficient (Wildman–Crippen LogP) is 4.65. The van der Waals surface area contributed by atoms with Gasteiger partial charge < -0.3 is 4.90 Å². The van der Waals surface area contributed by atoms with Gasteiger partial charge in [-0.15, -0.1) is 10.2 Å². The van der Waals surface area contributed by atoms with E-state index in [1.807, 2.05) is 21.6 Å². The quantitative estimate of drug-likeness (QED) is 0.579. The summed E-state index contributed by atoms with van der Waals surface area (Å²) < 4.78 is 1.93. The van der Waals surface area contributed by atoms with E-state index in [9.17, 15) is 4.79 Å². The molecule has 0 N–H and O–H groups in total. The van der Waals surface area contributed by atoms with Gasteiger partial charge in [-0.2, -0.15) is 0 Å². The third kappa shape index (κ3) is 4.37. The standard InChI is InChI=1S/C23H26N4OS/c1-16-6-8-20(9-7-16)27-15-24-25-23(27)29-14-22(28)26-10-4-5-21(26)19-12-17(2)11-18(3)13-19/h6-9,11-13,15,21H,4-5,10,14H2,1-3H3. The van der Waals surface area contributed by atoms with Crippen LogP contribution in [0.1, 0.15) is 41.1 Å². The van der Waals surface area contributed by atoms with Gasteiger partial charge in [0.05, 0.1) is 11.8 Å². The normalized spacial score (nSPS) is 16.4. The molecule has 150 valence electrons. The minimum Gasteiger partial charge on any atom is -0.335 e. The Balaban J connectivity index is 1.46. The Morgan fingerprint density at radius 1 is 1.07 bits per heavy atom. The molecule has 1 aliphatic rings. The molecule has 5 nitrogen and oxygen atoms in total. The molecule has 6 heteroatoms. The van der Waals surface area contributed by atoms with E-state index in [1.54, 1.807) is 6.33 Å². The first-order chi connectivity index (χ1) is 14.0. The summed E-state index contributed by atoms with van der Waals surface area (Å²) in [5, 5.41) is 9.00. The zero-order valence-electron chi connectivity index (χ0n) is 17.1.